The van der Waals surface area contributed by atoms with Crippen molar-refractivity contribution in [2.45, 2.75) is 34.1 Å². The minimum absolute atomic E-state index is 0.134. The second-order valence-electron chi connectivity index (χ2n) is 5.31. The molecule has 0 saturated carbocycles. The fraction of sp³-hybridized carbons (Fsp3) is 0.467. The fourth-order valence-electron chi connectivity index (χ4n) is 1.76. The van der Waals surface area contributed by atoms with Gasteiger partial charge in [0.25, 0.3) is 5.91 Å². The van der Waals surface area contributed by atoms with Gasteiger partial charge in [-0.2, -0.15) is 0 Å². The Labute approximate surface area is 119 Å². The SMILES string of the molecule is Cc1cc(C)cc(OCC(=O)NNC(=O)CC(C)C)c1. The number of hydrogen-bond acceptors (Lipinski definition) is 3. The van der Waals surface area contributed by atoms with Gasteiger partial charge in [-0.15, -0.1) is 0 Å². The Kier molecular flexibility index (Phi) is 6.03. The lowest BCUT2D eigenvalue weighted by molar-refractivity contribution is -0.130. The van der Waals surface area contributed by atoms with Gasteiger partial charge in [0.1, 0.15) is 5.75 Å². The van der Waals surface area contributed by atoms with E-state index in [1.54, 1.807) is 0 Å². The summed E-state index contributed by atoms with van der Waals surface area (Å²) in [5, 5.41) is 0. The van der Waals surface area contributed by atoms with E-state index >= 15 is 0 Å². The smallest absolute Gasteiger partial charge is 0.276 e. The lowest BCUT2D eigenvalue weighted by atomic mass is 10.1. The molecule has 0 aliphatic carbocycles. The van der Waals surface area contributed by atoms with Crippen molar-refractivity contribution >= 4 is 11.8 Å². The number of hydrazine groups is 1. The average molecular weight is 278 g/mol. The summed E-state index contributed by atoms with van der Waals surface area (Å²) < 4.78 is 5.38. The molecule has 0 spiro atoms. The molecule has 0 fully saturated rings. The van der Waals surface area contributed by atoms with Crippen molar-refractivity contribution in [3.63, 3.8) is 0 Å². The number of hydrogen-bond donors (Lipinski definition) is 2. The highest BCUT2D eigenvalue weighted by Crippen LogP contribution is 2.15. The van der Waals surface area contributed by atoms with Gasteiger partial charge >= 0.3 is 0 Å². The number of carbonyl (C=O) groups is 2. The van der Waals surface area contributed by atoms with Crippen molar-refractivity contribution in [3.8, 4) is 5.75 Å². The van der Waals surface area contributed by atoms with Gasteiger partial charge in [-0.1, -0.05) is 19.9 Å². The quantitative estimate of drug-likeness (QED) is 0.808. The Hall–Kier alpha value is -2.04. The van der Waals surface area contributed by atoms with Crippen LogP contribution in [0.4, 0.5) is 0 Å². The summed E-state index contributed by atoms with van der Waals surface area (Å²) in [5.74, 6) is 0.297. The van der Waals surface area contributed by atoms with E-state index in [9.17, 15) is 9.59 Å². The molecule has 2 amide bonds. The zero-order valence-electron chi connectivity index (χ0n) is 12.4. The predicted molar refractivity (Wildman–Crippen MR) is 77.2 cm³/mol. The van der Waals surface area contributed by atoms with E-state index in [0.717, 1.165) is 11.1 Å². The molecule has 0 atom stereocenters. The molecule has 0 aromatic heterocycles. The van der Waals surface area contributed by atoms with Crippen molar-refractivity contribution < 1.29 is 14.3 Å². The second kappa shape index (κ2) is 7.53. The molecule has 1 aromatic rings. The molecule has 0 bridgehead atoms. The highest BCUT2D eigenvalue weighted by Gasteiger charge is 2.07. The van der Waals surface area contributed by atoms with Gasteiger partial charge in [0, 0.05) is 6.42 Å². The summed E-state index contributed by atoms with van der Waals surface area (Å²) in [6.45, 7) is 7.66. The zero-order chi connectivity index (χ0) is 15.1. The van der Waals surface area contributed by atoms with Gasteiger partial charge in [-0.05, 0) is 43.0 Å². The zero-order valence-corrected chi connectivity index (χ0v) is 12.4. The van der Waals surface area contributed by atoms with E-state index < -0.39 is 0 Å². The van der Waals surface area contributed by atoms with Crippen molar-refractivity contribution in [3.05, 3.63) is 29.3 Å². The van der Waals surface area contributed by atoms with Gasteiger partial charge < -0.3 is 4.74 Å². The van der Waals surface area contributed by atoms with Crippen molar-refractivity contribution in [2.75, 3.05) is 6.61 Å². The van der Waals surface area contributed by atoms with Gasteiger partial charge in [0.2, 0.25) is 5.91 Å². The number of ether oxygens (including phenoxy) is 1. The first-order chi connectivity index (χ1) is 9.36. The topological polar surface area (TPSA) is 67.4 Å². The van der Waals surface area contributed by atoms with E-state index in [4.69, 9.17) is 4.74 Å². The summed E-state index contributed by atoms with van der Waals surface area (Å²) >= 11 is 0. The molecular formula is C15H22N2O3. The molecule has 1 rings (SSSR count). The lowest BCUT2D eigenvalue weighted by Crippen LogP contribution is -2.44. The number of aryl methyl sites for hydroxylation is 2. The lowest BCUT2D eigenvalue weighted by Gasteiger charge is -2.10. The Bertz CT molecular complexity index is 464. The monoisotopic (exact) mass is 278 g/mol. The molecule has 0 radical (unpaired) electrons. The Balaban J connectivity index is 2.34. The first-order valence-corrected chi connectivity index (χ1v) is 6.65. The van der Waals surface area contributed by atoms with Crippen LogP contribution in [0.25, 0.3) is 0 Å². The minimum Gasteiger partial charge on any atom is -0.484 e. The number of benzene rings is 1. The highest BCUT2D eigenvalue weighted by atomic mass is 16.5. The molecule has 110 valence electrons. The van der Waals surface area contributed by atoms with Gasteiger partial charge in [0.05, 0.1) is 0 Å². The molecule has 0 saturated heterocycles. The molecule has 1 aromatic carbocycles. The standard InChI is InChI=1S/C15H22N2O3/c1-10(2)5-14(18)16-17-15(19)9-20-13-7-11(3)6-12(4)8-13/h6-8,10H,5,9H2,1-4H3,(H,16,18)(H,17,19). The third kappa shape index (κ3) is 6.22. The molecule has 0 aliphatic rings. The third-order valence-electron chi connectivity index (χ3n) is 2.50. The molecule has 20 heavy (non-hydrogen) atoms. The molecule has 2 N–H and O–H groups in total. The molecule has 0 heterocycles. The Morgan fingerprint density at radius 1 is 1.05 bits per heavy atom. The van der Waals surface area contributed by atoms with E-state index in [1.807, 2.05) is 45.9 Å². The van der Waals surface area contributed by atoms with E-state index in [2.05, 4.69) is 10.9 Å². The molecule has 5 heteroatoms. The van der Waals surface area contributed by atoms with Crippen molar-refractivity contribution in [1.82, 2.24) is 10.9 Å². The highest BCUT2D eigenvalue weighted by molar-refractivity contribution is 5.82. The summed E-state index contributed by atoms with van der Waals surface area (Å²) in [7, 11) is 0. The van der Waals surface area contributed by atoms with Crippen molar-refractivity contribution in [2.24, 2.45) is 5.92 Å². The Morgan fingerprint density at radius 2 is 1.60 bits per heavy atom. The van der Waals surface area contributed by atoms with Crippen LogP contribution < -0.4 is 15.6 Å². The molecule has 5 nitrogen and oxygen atoms in total. The van der Waals surface area contributed by atoms with Gasteiger partial charge in [-0.3, -0.25) is 20.4 Å². The molecule has 0 unspecified atom stereocenters. The second-order valence-corrected chi connectivity index (χ2v) is 5.31. The summed E-state index contributed by atoms with van der Waals surface area (Å²) in [5.41, 5.74) is 6.83. The first-order valence-electron chi connectivity index (χ1n) is 6.65. The maximum atomic E-state index is 11.5. The van der Waals surface area contributed by atoms with Crippen LogP contribution in [0.2, 0.25) is 0 Å². The van der Waals surface area contributed by atoms with E-state index in [0.29, 0.717) is 12.2 Å². The maximum Gasteiger partial charge on any atom is 0.276 e. The van der Waals surface area contributed by atoms with Crippen LogP contribution in [0.3, 0.4) is 0 Å². The Morgan fingerprint density at radius 3 is 2.15 bits per heavy atom. The van der Waals surface area contributed by atoms with E-state index in [-0.39, 0.29) is 24.3 Å². The number of carbonyl (C=O) groups excluding carboxylic acids is 2. The number of rotatable bonds is 5. The van der Waals surface area contributed by atoms with Gasteiger partial charge in [0.15, 0.2) is 6.61 Å². The number of nitrogens with one attached hydrogen (secondary N) is 2. The summed E-state index contributed by atoms with van der Waals surface area (Å²) in [6.07, 6.45) is 0.373. The summed E-state index contributed by atoms with van der Waals surface area (Å²) in [4.78, 5) is 22.9. The van der Waals surface area contributed by atoms with Gasteiger partial charge in [-0.25, -0.2) is 0 Å². The van der Waals surface area contributed by atoms with Crippen LogP contribution >= 0.6 is 0 Å². The number of amides is 2. The van der Waals surface area contributed by atoms with E-state index in [1.165, 1.54) is 0 Å². The summed E-state index contributed by atoms with van der Waals surface area (Å²) in [6, 6.07) is 5.74. The molecule has 0 aliphatic heterocycles. The predicted octanol–water partition coefficient (Wildman–Crippen LogP) is 1.88. The van der Waals surface area contributed by atoms with Crippen LogP contribution in [0.5, 0.6) is 5.75 Å². The average Bonchev–Trinajstić information content (AvgIpc) is 2.32. The minimum atomic E-state index is -0.388. The largest absolute Gasteiger partial charge is 0.484 e. The van der Waals surface area contributed by atoms with Crippen molar-refractivity contribution in [1.29, 1.82) is 0 Å². The first kappa shape index (κ1) is 16.0. The van der Waals surface area contributed by atoms with Crippen LogP contribution in [-0.2, 0) is 9.59 Å². The molecular weight excluding hydrogens is 256 g/mol. The normalized spacial score (nSPS) is 10.2. The van der Waals surface area contributed by atoms with Crippen LogP contribution in [0, 0.1) is 19.8 Å². The maximum absolute atomic E-state index is 11.5. The third-order valence-corrected chi connectivity index (χ3v) is 2.50. The van der Waals surface area contributed by atoms with Crippen LogP contribution in [0.15, 0.2) is 18.2 Å². The fourth-order valence-corrected chi connectivity index (χ4v) is 1.76. The van der Waals surface area contributed by atoms with Crippen LogP contribution in [-0.4, -0.2) is 18.4 Å². The van der Waals surface area contributed by atoms with Crippen LogP contribution in [0.1, 0.15) is 31.4 Å².